The van der Waals surface area contributed by atoms with Crippen LogP contribution in [0.5, 0.6) is 0 Å². The minimum atomic E-state index is 0.145. The molecule has 0 bridgehead atoms. The van der Waals surface area contributed by atoms with Gasteiger partial charge in [-0.05, 0) is 31.0 Å². The zero-order chi connectivity index (χ0) is 9.68. The average molecular weight is 178 g/mol. The van der Waals surface area contributed by atoms with E-state index < -0.39 is 0 Å². The molecule has 13 heavy (non-hydrogen) atoms. The van der Waals surface area contributed by atoms with Gasteiger partial charge in [0.05, 0.1) is 0 Å². The first-order chi connectivity index (χ1) is 6.22. The SMILES string of the molecule is CC(N)Cc1cccc(NC=O)c1. The molecule has 1 unspecified atom stereocenters. The molecule has 3 N–H and O–H groups in total. The molecule has 0 saturated heterocycles. The highest BCUT2D eigenvalue weighted by Crippen LogP contribution is 2.10. The number of nitrogens with one attached hydrogen (secondary N) is 1. The molecule has 1 rings (SSSR count). The fraction of sp³-hybridized carbons (Fsp3) is 0.300. The van der Waals surface area contributed by atoms with Crippen LogP contribution in [0.4, 0.5) is 5.69 Å². The van der Waals surface area contributed by atoms with E-state index in [-0.39, 0.29) is 6.04 Å². The summed E-state index contributed by atoms with van der Waals surface area (Å²) in [7, 11) is 0. The van der Waals surface area contributed by atoms with E-state index in [9.17, 15) is 4.79 Å². The van der Waals surface area contributed by atoms with Crippen LogP contribution in [0.1, 0.15) is 12.5 Å². The lowest BCUT2D eigenvalue weighted by Crippen LogP contribution is -2.17. The zero-order valence-electron chi connectivity index (χ0n) is 7.66. The monoisotopic (exact) mass is 178 g/mol. The molecule has 1 amide bonds. The molecule has 70 valence electrons. The first kappa shape index (κ1) is 9.74. The summed E-state index contributed by atoms with van der Waals surface area (Å²) in [6.07, 6.45) is 1.50. The number of rotatable bonds is 4. The Bertz CT molecular complexity index is 284. The molecule has 0 saturated carbocycles. The Morgan fingerprint density at radius 3 is 3.00 bits per heavy atom. The summed E-state index contributed by atoms with van der Waals surface area (Å²) in [5, 5.41) is 2.60. The number of amides is 1. The summed E-state index contributed by atoms with van der Waals surface area (Å²) >= 11 is 0. The Hall–Kier alpha value is -1.35. The number of hydrogen-bond acceptors (Lipinski definition) is 2. The van der Waals surface area contributed by atoms with Gasteiger partial charge in [-0.1, -0.05) is 12.1 Å². The van der Waals surface area contributed by atoms with Crippen LogP contribution in [-0.4, -0.2) is 12.5 Å². The molecule has 1 atom stereocenters. The molecule has 0 spiro atoms. The quantitative estimate of drug-likeness (QED) is 0.679. The second kappa shape index (κ2) is 4.62. The van der Waals surface area contributed by atoms with Gasteiger partial charge in [0.25, 0.3) is 0 Å². The number of hydrogen-bond donors (Lipinski definition) is 2. The van der Waals surface area contributed by atoms with Crippen molar-refractivity contribution in [3.63, 3.8) is 0 Å². The number of carbonyl (C=O) groups excluding carboxylic acids is 1. The fourth-order valence-corrected chi connectivity index (χ4v) is 1.23. The Morgan fingerprint density at radius 2 is 2.38 bits per heavy atom. The van der Waals surface area contributed by atoms with Gasteiger partial charge < -0.3 is 11.1 Å². The van der Waals surface area contributed by atoms with Crippen LogP contribution >= 0.6 is 0 Å². The number of benzene rings is 1. The standard InChI is InChI=1S/C10H14N2O/c1-8(11)5-9-3-2-4-10(6-9)12-7-13/h2-4,6-8H,5,11H2,1H3,(H,12,13). The Morgan fingerprint density at radius 1 is 1.62 bits per heavy atom. The molecule has 0 aliphatic heterocycles. The van der Waals surface area contributed by atoms with Gasteiger partial charge in [0.2, 0.25) is 6.41 Å². The molecule has 3 heteroatoms. The maximum absolute atomic E-state index is 10.2. The number of anilines is 1. The second-order valence-electron chi connectivity index (χ2n) is 3.14. The van der Waals surface area contributed by atoms with Crippen LogP contribution < -0.4 is 11.1 Å². The van der Waals surface area contributed by atoms with Gasteiger partial charge in [0, 0.05) is 11.7 Å². The predicted molar refractivity (Wildman–Crippen MR) is 53.5 cm³/mol. The Labute approximate surface area is 77.9 Å². The lowest BCUT2D eigenvalue weighted by Gasteiger charge is -2.06. The largest absolute Gasteiger partial charge is 0.329 e. The van der Waals surface area contributed by atoms with E-state index >= 15 is 0 Å². The normalized spacial score (nSPS) is 12.2. The van der Waals surface area contributed by atoms with E-state index in [0.29, 0.717) is 6.41 Å². The van der Waals surface area contributed by atoms with Crippen molar-refractivity contribution in [3.05, 3.63) is 29.8 Å². The van der Waals surface area contributed by atoms with Gasteiger partial charge in [-0.25, -0.2) is 0 Å². The second-order valence-corrected chi connectivity index (χ2v) is 3.14. The van der Waals surface area contributed by atoms with Crippen molar-refractivity contribution >= 4 is 12.1 Å². The Balaban J connectivity index is 2.72. The highest BCUT2D eigenvalue weighted by Gasteiger charge is 1.98. The minimum absolute atomic E-state index is 0.145. The van der Waals surface area contributed by atoms with Crippen molar-refractivity contribution in [1.29, 1.82) is 0 Å². The van der Waals surface area contributed by atoms with Gasteiger partial charge >= 0.3 is 0 Å². The van der Waals surface area contributed by atoms with Gasteiger partial charge in [-0.15, -0.1) is 0 Å². The maximum atomic E-state index is 10.2. The van der Waals surface area contributed by atoms with Crippen molar-refractivity contribution in [2.24, 2.45) is 5.73 Å². The van der Waals surface area contributed by atoms with E-state index in [1.807, 2.05) is 31.2 Å². The van der Waals surface area contributed by atoms with Crippen LogP contribution in [0.2, 0.25) is 0 Å². The fourth-order valence-electron chi connectivity index (χ4n) is 1.23. The summed E-state index contributed by atoms with van der Waals surface area (Å²) in [5.74, 6) is 0. The van der Waals surface area contributed by atoms with Crippen LogP contribution in [0.25, 0.3) is 0 Å². The third-order valence-corrected chi connectivity index (χ3v) is 1.71. The first-order valence-electron chi connectivity index (χ1n) is 4.27. The number of carbonyl (C=O) groups is 1. The molecular formula is C10H14N2O. The number of nitrogens with two attached hydrogens (primary N) is 1. The molecule has 0 aromatic heterocycles. The summed E-state index contributed by atoms with van der Waals surface area (Å²) in [6.45, 7) is 1.96. The lowest BCUT2D eigenvalue weighted by molar-refractivity contribution is -0.105. The van der Waals surface area contributed by atoms with Crippen LogP contribution in [0.3, 0.4) is 0 Å². The van der Waals surface area contributed by atoms with E-state index in [1.54, 1.807) is 0 Å². The van der Waals surface area contributed by atoms with E-state index in [2.05, 4.69) is 5.32 Å². The average Bonchev–Trinajstić information content (AvgIpc) is 2.04. The summed E-state index contributed by atoms with van der Waals surface area (Å²) in [6, 6.07) is 7.83. The Kier molecular flexibility index (Phi) is 3.46. The third-order valence-electron chi connectivity index (χ3n) is 1.71. The molecule has 0 heterocycles. The van der Waals surface area contributed by atoms with Crippen LogP contribution in [0, 0.1) is 0 Å². The summed E-state index contributed by atoms with van der Waals surface area (Å²) in [4.78, 5) is 10.2. The van der Waals surface area contributed by atoms with Crippen molar-refractivity contribution in [2.75, 3.05) is 5.32 Å². The molecular weight excluding hydrogens is 164 g/mol. The van der Waals surface area contributed by atoms with Crippen LogP contribution in [-0.2, 0) is 11.2 Å². The molecule has 0 aliphatic rings. The molecule has 3 nitrogen and oxygen atoms in total. The van der Waals surface area contributed by atoms with Gasteiger partial charge in [-0.2, -0.15) is 0 Å². The molecule has 1 aromatic carbocycles. The predicted octanol–water partition coefficient (Wildman–Crippen LogP) is 1.14. The maximum Gasteiger partial charge on any atom is 0.211 e. The van der Waals surface area contributed by atoms with Crippen molar-refractivity contribution in [3.8, 4) is 0 Å². The zero-order valence-corrected chi connectivity index (χ0v) is 7.66. The van der Waals surface area contributed by atoms with Crippen molar-refractivity contribution in [2.45, 2.75) is 19.4 Å². The molecule has 0 fully saturated rings. The highest BCUT2D eigenvalue weighted by atomic mass is 16.1. The van der Waals surface area contributed by atoms with Crippen molar-refractivity contribution in [1.82, 2.24) is 0 Å². The van der Waals surface area contributed by atoms with Gasteiger partial charge in [0.1, 0.15) is 0 Å². The molecule has 1 aromatic rings. The minimum Gasteiger partial charge on any atom is -0.329 e. The van der Waals surface area contributed by atoms with Crippen LogP contribution in [0.15, 0.2) is 24.3 Å². The van der Waals surface area contributed by atoms with E-state index in [1.165, 1.54) is 0 Å². The van der Waals surface area contributed by atoms with E-state index in [4.69, 9.17) is 5.73 Å². The lowest BCUT2D eigenvalue weighted by atomic mass is 10.1. The first-order valence-corrected chi connectivity index (χ1v) is 4.27. The smallest absolute Gasteiger partial charge is 0.211 e. The van der Waals surface area contributed by atoms with Gasteiger partial charge in [0.15, 0.2) is 0 Å². The highest BCUT2D eigenvalue weighted by molar-refractivity contribution is 5.71. The topological polar surface area (TPSA) is 55.1 Å². The molecule has 0 radical (unpaired) electrons. The summed E-state index contributed by atoms with van der Waals surface area (Å²) in [5.41, 5.74) is 7.61. The third kappa shape index (κ3) is 3.25. The molecule has 0 aliphatic carbocycles. The summed E-state index contributed by atoms with van der Waals surface area (Å²) < 4.78 is 0. The van der Waals surface area contributed by atoms with Gasteiger partial charge in [-0.3, -0.25) is 4.79 Å². The van der Waals surface area contributed by atoms with E-state index in [0.717, 1.165) is 17.7 Å². The van der Waals surface area contributed by atoms with Crippen molar-refractivity contribution < 1.29 is 4.79 Å².